The minimum Gasteiger partial charge on any atom is -0.300 e. The summed E-state index contributed by atoms with van der Waals surface area (Å²) in [5.41, 5.74) is 0. The van der Waals surface area contributed by atoms with E-state index in [-0.39, 0.29) is 0 Å². The molecule has 8 unspecified atom stereocenters. The topological polar surface area (TPSA) is 9.72 Å². The number of nitrogens with zero attached hydrogens (tertiary/aromatic N) is 3. The maximum Gasteiger partial charge on any atom is 0.0278 e. The average molecular weight is 480 g/mol. The summed E-state index contributed by atoms with van der Waals surface area (Å²) in [6.07, 6.45) is 29.0. The van der Waals surface area contributed by atoms with Crippen molar-refractivity contribution in [2.45, 2.75) is 109 Å². The Morgan fingerprint density at radius 2 is 1.54 bits per heavy atom. The normalized spacial score (nSPS) is 43.2. The third-order valence-corrected chi connectivity index (χ3v) is 11.2. The Morgan fingerprint density at radius 1 is 0.686 bits per heavy atom. The molecular weight excluding hydrogens is 426 g/mol. The highest BCUT2D eigenvalue weighted by molar-refractivity contribution is 5.08. The molecule has 6 aliphatic heterocycles. The number of hydrogen-bond donors (Lipinski definition) is 0. The predicted molar refractivity (Wildman–Crippen MR) is 148 cm³/mol. The molecule has 4 saturated heterocycles. The van der Waals surface area contributed by atoms with Gasteiger partial charge in [-0.15, -0.1) is 0 Å². The summed E-state index contributed by atoms with van der Waals surface area (Å²) in [6.45, 7) is 10.5. The Morgan fingerprint density at radius 3 is 2.49 bits per heavy atom. The first-order valence-electron chi connectivity index (χ1n) is 15.8. The summed E-state index contributed by atoms with van der Waals surface area (Å²) in [4.78, 5) is 8.66. The Balaban J connectivity index is 1.02. The van der Waals surface area contributed by atoms with Crippen molar-refractivity contribution >= 4 is 0 Å². The van der Waals surface area contributed by atoms with Crippen LogP contribution < -0.4 is 0 Å². The molecule has 0 aliphatic carbocycles. The minimum atomic E-state index is 0.744. The molecule has 0 spiro atoms. The molecule has 0 aromatic rings. The van der Waals surface area contributed by atoms with Crippen LogP contribution in [0.5, 0.6) is 0 Å². The van der Waals surface area contributed by atoms with E-state index in [2.05, 4.69) is 45.9 Å². The molecule has 0 aromatic carbocycles. The first kappa shape index (κ1) is 24.7. The molecule has 6 aliphatic rings. The van der Waals surface area contributed by atoms with Crippen molar-refractivity contribution in [2.75, 3.05) is 39.3 Å². The van der Waals surface area contributed by atoms with Gasteiger partial charge in [-0.3, -0.25) is 14.7 Å². The molecule has 0 N–H and O–H groups in total. The van der Waals surface area contributed by atoms with Crippen LogP contribution in [-0.4, -0.2) is 72.1 Å². The lowest BCUT2D eigenvalue weighted by molar-refractivity contribution is 0.0606. The monoisotopic (exact) mass is 479 g/mol. The van der Waals surface area contributed by atoms with Gasteiger partial charge in [-0.1, -0.05) is 44.1 Å². The zero-order valence-corrected chi connectivity index (χ0v) is 22.7. The van der Waals surface area contributed by atoms with E-state index in [9.17, 15) is 0 Å². The lowest BCUT2D eigenvalue weighted by Crippen LogP contribution is -2.50. The molecule has 0 bridgehead atoms. The maximum atomic E-state index is 2.95. The van der Waals surface area contributed by atoms with E-state index in [1.807, 2.05) is 0 Å². The van der Waals surface area contributed by atoms with Gasteiger partial charge in [0.05, 0.1) is 0 Å². The molecule has 0 radical (unpaired) electrons. The molecule has 3 heteroatoms. The van der Waals surface area contributed by atoms with Crippen LogP contribution in [-0.2, 0) is 0 Å². The van der Waals surface area contributed by atoms with Crippen molar-refractivity contribution in [3.05, 3.63) is 24.3 Å². The Bertz CT molecular complexity index is 745. The van der Waals surface area contributed by atoms with Crippen LogP contribution in [0.15, 0.2) is 24.3 Å². The SMILES string of the molecule is CCC1CCC2CCCC(CC3CCC4C=CC(CC5CCCN6CC=CCC56)CN4C3)CN2C1. The summed E-state index contributed by atoms with van der Waals surface area (Å²) in [5.74, 6) is 4.58. The van der Waals surface area contributed by atoms with E-state index in [0.29, 0.717) is 0 Å². The van der Waals surface area contributed by atoms with Gasteiger partial charge in [0.15, 0.2) is 0 Å². The Kier molecular flexibility index (Phi) is 8.04. The second-order valence-electron chi connectivity index (χ2n) is 13.5. The van der Waals surface area contributed by atoms with Gasteiger partial charge in [0.1, 0.15) is 0 Å². The number of rotatable bonds is 5. The molecule has 196 valence electrons. The van der Waals surface area contributed by atoms with Gasteiger partial charge in [-0.2, -0.15) is 0 Å². The van der Waals surface area contributed by atoms with Crippen LogP contribution in [0.25, 0.3) is 0 Å². The van der Waals surface area contributed by atoms with E-state index in [1.165, 1.54) is 123 Å². The summed E-state index contributed by atoms with van der Waals surface area (Å²) in [5, 5.41) is 0. The van der Waals surface area contributed by atoms with Gasteiger partial charge in [0, 0.05) is 50.8 Å². The summed E-state index contributed by atoms with van der Waals surface area (Å²) < 4.78 is 0. The minimum absolute atomic E-state index is 0.744. The largest absolute Gasteiger partial charge is 0.300 e. The summed E-state index contributed by atoms with van der Waals surface area (Å²) >= 11 is 0. The third kappa shape index (κ3) is 5.78. The second kappa shape index (κ2) is 11.4. The standard InChI is InChI=1S/C32H53N3/c1-2-25-11-14-30-9-5-7-26(22-34(30)21-25)19-27-12-15-31-16-13-28(24-35(31)23-27)20-29-8-6-18-33-17-4-3-10-32(29)33/h3-4,13,16,25-32H,2,5-12,14-15,17-24H2,1H3. The van der Waals surface area contributed by atoms with Crippen LogP contribution in [0.2, 0.25) is 0 Å². The smallest absolute Gasteiger partial charge is 0.0278 e. The molecule has 6 rings (SSSR count). The highest BCUT2D eigenvalue weighted by Crippen LogP contribution is 2.38. The van der Waals surface area contributed by atoms with E-state index in [1.54, 1.807) is 0 Å². The van der Waals surface area contributed by atoms with Crippen LogP contribution in [0, 0.1) is 29.6 Å². The van der Waals surface area contributed by atoms with Gasteiger partial charge in [-0.05, 0) is 107 Å². The molecule has 6 heterocycles. The summed E-state index contributed by atoms with van der Waals surface area (Å²) in [6, 6.07) is 2.49. The Hall–Kier alpha value is -0.640. The number of fused-ring (bicyclic) bond motifs is 3. The molecule has 35 heavy (non-hydrogen) atoms. The quantitative estimate of drug-likeness (QED) is 0.425. The van der Waals surface area contributed by atoms with Crippen molar-refractivity contribution in [3.8, 4) is 0 Å². The van der Waals surface area contributed by atoms with E-state index < -0.39 is 0 Å². The van der Waals surface area contributed by atoms with Gasteiger partial charge in [-0.25, -0.2) is 0 Å². The van der Waals surface area contributed by atoms with E-state index in [0.717, 1.165) is 47.7 Å². The average Bonchev–Trinajstić information content (AvgIpc) is 3.09. The zero-order chi connectivity index (χ0) is 23.6. The second-order valence-corrected chi connectivity index (χ2v) is 13.5. The fourth-order valence-corrected chi connectivity index (χ4v) is 9.25. The molecule has 4 fully saturated rings. The predicted octanol–water partition coefficient (Wildman–Crippen LogP) is 6.36. The van der Waals surface area contributed by atoms with Gasteiger partial charge in [0.25, 0.3) is 0 Å². The lowest BCUT2D eigenvalue weighted by atomic mass is 9.77. The highest BCUT2D eigenvalue weighted by atomic mass is 15.2. The fourth-order valence-electron chi connectivity index (χ4n) is 9.25. The van der Waals surface area contributed by atoms with E-state index in [4.69, 9.17) is 0 Å². The first-order valence-corrected chi connectivity index (χ1v) is 15.8. The maximum absolute atomic E-state index is 2.95. The molecule has 8 atom stereocenters. The van der Waals surface area contributed by atoms with Crippen LogP contribution in [0.1, 0.15) is 90.4 Å². The summed E-state index contributed by atoms with van der Waals surface area (Å²) in [7, 11) is 0. The van der Waals surface area contributed by atoms with Gasteiger partial charge in [0.2, 0.25) is 0 Å². The van der Waals surface area contributed by atoms with Crippen LogP contribution in [0.3, 0.4) is 0 Å². The Labute approximate surface area is 216 Å². The van der Waals surface area contributed by atoms with Gasteiger partial charge < -0.3 is 0 Å². The highest BCUT2D eigenvalue weighted by Gasteiger charge is 2.37. The van der Waals surface area contributed by atoms with Crippen molar-refractivity contribution in [1.82, 2.24) is 14.7 Å². The van der Waals surface area contributed by atoms with Crippen molar-refractivity contribution in [3.63, 3.8) is 0 Å². The first-order chi connectivity index (χ1) is 17.2. The molecule has 3 nitrogen and oxygen atoms in total. The molecule has 0 saturated carbocycles. The van der Waals surface area contributed by atoms with Crippen molar-refractivity contribution in [1.29, 1.82) is 0 Å². The third-order valence-electron chi connectivity index (χ3n) is 11.2. The fraction of sp³-hybridized carbons (Fsp3) is 0.875. The van der Waals surface area contributed by atoms with Crippen LogP contribution >= 0.6 is 0 Å². The van der Waals surface area contributed by atoms with Crippen molar-refractivity contribution < 1.29 is 0 Å². The number of hydrogen-bond acceptors (Lipinski definition) is 3. The van der Waals surface area contributed by atoms with Crippen molar-refractivity contribution in [2.24, 2.45) is 29.6 Å². The zero-order valence-electron chi connectivity index (χ0n) is 22.7. The number of piperidine rings is 3. The molecule has 0 amide bonds. The lowest BCUT2D eigenvalue weighted by Gasteiger charge is -2.46. The molecular formula is C32H53N3. The van der Waals surface area contributed by atoms with E-state index >= 15 is 0 Å². The van der Waals surface area contributed by atoms with Crippen LogP contribution in [0.4, 0.5) is 0 Å². The van der Waals surface area contributed by atoms with Gasteiger partial charge >= 0.3 is 0 Å². The molecule has 0 aromatic heterocycles.